The average molecular weight is 321 g/mol. The highest BCUT2D eigenvalue weighted by atomic mass is 16.5. The maximum atomic E-state index is 12.5. The molecule has 0 bridgehead atoms. The lowest BCUT2D eigenvalue weighted by Crippen LogP contribution is -2.36. The van der Waals surface area contributed by atoms with Crippen LogP contribution in [0.1, 0.15) is 27.5 Å². The van der Waals surface area contributed by atoms with Crippen LogP contribution in [0.25, 0.3) is 11.5 Å². The summed E-state index contributed by atoms with van der Waals surface area (Å²) in [5.41, 5.74) is 3.00. The van der Waals surface area contributed by atoms with Gasteiger partial charge in [-0.25, -0.2) is 9.97 Å². The predicted molar refractivity (Wildman–Crippen MR) is 84.9 cm³/mol. The zero-order chi connectivity index (χ0) is 16.5. The Morgan fingerprint density at radius 1 is 1.29 bits per heavy atom. The molecule has 0 aromatic carbocycles. The van der Waals surface area contributed by atoms with Crippen molar-refractivity contribution in [2.45, 2.75) is 19.9 Å². The van der Waals surface area contributed by atoms with Crippen LogP contribution in [0.15, 0.2) is 41.2 Å². The number of hydrogen-bond donors (Lipinski definition) is 0. The van der Waals surface area contributed by atoms with Crippen molar-refractivity contribution >= 4 is 5.91 Å². The summed E-state index contributed by atoms with van der Waals surface area (Å²) >= 11 is 0. The molecule has 4 rings (SSSR count). The SMILES string of the molecule is Cc1cc(C(=O)N2CCc3nc(-c4ccccn4)ncc3C2)no1. The Labute approximate surface area is 138 Å². The van der Waals surface area contributed by atoms with Gasteiger partial charge in [0.15, 0.2) is 11.5 Å². The van der Waals surface area contributed by atoms with Crippen LogP contribution < -0.4 is 0 Å². The Bertz CT molecular complexity index is 891. The van der Waals surface area contributed by atoms with Crippen LogP contribution in [0.4, 0.5) is 0 Å². The van der Waals surface area contributed by atoms with Crippen molar-refractivity contribution in [2.24, 2.45) is 0 Å². The van der Waals surface area contributed by atoms with Gasteiger partial charge in [0.05, 0.1) is 5.69 Å². The second-order valence-corrected chi connectivity index (χ2v) is 5.68. The Balaban J connectivity index is 1.57. The summed E-state index contributed by atoms with van der Waals surface area (Å²) in [5.74, 6) is 1.10. The van der Waals surface area contributed by atoms with Gasteiger partial charge in [-0.1, -0.05) is 11.2 Å². The molecule has 120 valence electrons. The van der Waals surface area contributed by atoms with Crippen molar-refractivity contribution in [3.8, 4) is 11.5 Å². The third-order valence-corrected chi connectivity index (χ3v) is 3.96. The summed E-state index contributed by atoms with van der Waals surface area (Å²) in [6.07, 6.45) is 4.18. The normalized spacial score (nSPS) is 13.6. The number of fused-ring (bicyclic) bond motifs is 1. The number of rotatable bonds is 2. The molecule has 0 saturated carbocycles. The first-order valence-electron chi connectivity index (χ1n) is 7.69. The first-order chi connectivity index (χ1) is 11.7. The summed E-state index contributed by atoms with van der Waals surface area (Å²) in [6.45, 7) is 2.83. The molecule has 7 nitrogen and oxygen atoms in total. The van der Waals surface area contributed by atoms with Gasteiger partial charge >= 0.3 is 0 Å². The lowest BCUT2D eigenvalue weighted by Gasteiger charge is -2.27. The van der Waals surface area contributed by atoms with Crippen LogP contribution in [0.2, 0.25) is 0 Å². The molecule has 3 aromatic rings. The minimum Gasteiger partial charge on any atom is -0.361 e. The number of amides is 1. The smallest absolute Gasteiger partial charge is 0.276 e. The first-order valence-corrected chi connectivity index (χ1v) is 7.69. The fourth-order valence-electron chi connectivity index (χ4n) is 2.74. The van der Waals surface area contributed by atoms with Gasteiger partial charge < -0.3 is 9.42 Å². The molecule has 0 atom stereocenters. The Kier molecular flexibility index (Phi) is 3.53. The van der Waals surface area contributed by atoms with Gasteiger partial charge in [-0.15, -0.1) is 0 Å². The van der Waals surface area contributed by atoms with E-state index < -0.39 is 0 Å². The van der Waals surface area contributed by atoms with E-state index in [2.05, 4.69) is 20.1 Å². The van der Waals surface area contributed by atoms with Gasteiger partial charge in [-0.3, -0.25) is 9.78 Å². The third-order valence-electron chi connectivity index (χ3n) is 3.96. The minimum atomic E-state index is -0.133. The second kappa shape index (κ2) is 5.84. The van der Waals surface area contributed by atoms with Crippen LogP contribution in [-0.2, 0) is 13.0 Å². The lowest BCUT2D eigenvalue weighted by molar-refractivity contribution is 0.0722. The topological polar surface area (TPSA) is 85.0 Å². The monoisotopic (exact) mass is 321 g/mol. The van der Waals surface area contributed by atoms with E-state index in [0.717, 1.165) is 17.0 Å². The van der Waals surface area contributed by atoms with Crippen LogP contribution >= 0.6 is 0 Å². The Morgan fingerprint density at radius 3 is 2.96 bits per heavy atom. The van der Waals surface area contributed by atoms with E-state index in [1.165, 1.54) is 0 Å². The van der Waals surface area contributed by atoms with Crippen LogP contribution in [-0.4, -0.2) is 37.5 Å². The molecule has 0 radical (unpaired) electrons. The van der Waals surface area contributed by atoms with E-state index in [0.29, 0.717) is 36.8 Å². The fourth-order valence-corrected chi connectivity index (χ4v) is 2.74. The average Bonchev–Trinajstić information content (AvgIpc) is 3.07. The van der Waals surface area contributed by atoms with E-state index in [4.69, 9.17) is 4.52 Å². The second-order valence-electron chi connectivity index (χ2n) is 5.68. The molecule has 0 unspecified atom stereocenters. The molecule has 7 heteroatoms. The van der Waals surface area contributed by atoms with Gasteiger partial charge in [0, 0.05) is 43.5 Å². The van der Waals surface area contributed by atoms with E-state index in [-0.39, 0.29) is 5.91 Å². The zero-order valence-corrected chi connectivity index (χ0v) is 13.1. The highest BCUT2D eigenvalue weighted by Gasteiger charge is 2.25. The van der Waals surface area contributed by atoms with Gasteiger partial charge in [-0.05, 0) is 19.1 Å². The molecule has 1 aliphatic heterocycles. The van der Waals surface area contributed by atoms with E-state index in [1.54, 1.807) is 30.3 Å². The van der Waals surface area contributed by atoms with Gasteiger partial charge in [0.1, 0.15) is 11.5 Å². The van der Waals surface area contributed by atoms with Crippen molar-refractivity contribution in [3.63, 3.8) is 0 Å². The largest absolute Gasteiger partial charge is 0.361 e. The van der Waals surface area contributed by atoms with Crippen molar-refractivity contribution in [1.82, 2.24) is 25.0 Å². The predicted octanol–water partition coefficient (Wildman–Crippen LogP) is 2.03. The van der Waals surface area contributed by atoms with Gasteiger partial charge in [0.25, 0.3) is 5.91 Å². The maximum absolute atomic E-state index is 12.5. The highest BCUT2D eigenvalue weighted by molar-refractivity contribution is 5.92. The summed E-state index contributed by atoms with van der Waals surface area (Å²) in [5, 5.41) is 3.79. The van der Waals surface area contributed by atoms with Gasteiger partial charge in [-0.2, -0.15) is 0 Å². The number of carbonyl (C=O) groups excluding carboxylic acids is 1. The number of carbonyl (C=O) groups is 1. The van der Waals surface area contributed by atoms with Crippen molar-refractivity contribution in [3.05, 3.63) is 59.4 Å². The van der Waals surface area contributed by atoms with E-state index in [1.807, 2.05) is 18.2 Å². The minimum absolute atomic E-state index is 0.133. The molecule has 3 aromatic heterocycles. The molecular weight excluding hydrogens is 306 g/mol. The van der Waals surface area contributed by atoms with Crippen LogP contribution in [0, 0.1) is 6.92 Å². The number of nitrogens with zero attached hydrogens (tertiary/aromatic N) is 5. The summed E-state index contributed by atoms with van der Waals surface area (Å²) in [6, 6.07) is 7.30. The molecule has 0 aliphatic carbocycles. The van der Waals surface area contributed by atoms with Crippen molar-refractivity contribution in [2.75, 3.05) is 6.54 Å². The standard InChI is InChI=1S/C17H15N5O2/c1-11-8-15(21-24-11)17(23)22-7-5-13-12(10-22)9-19-16(20-13)14-4-2-3-6-18-14/h2-4,6,8-9H,5,7,10H2,1H3. The number of hydrogen-bond acceptors (Lipinski definition) is 6. The number of aryl methyl sites for hydroxylation is 1. The highest BCUT2D eigenvalue weighted by Crippen LogP contribution is 2.21. The summed E-state index contributed by atoms with van der Waals surface area (Å²) < 4.78 is 4.98. The first kappa shape index (κ1) is 14.5. The van der Waals surface area contributed by atoms with Crippen LogP contribution in [0.3, 0.4) is 0 Å². The molecule has 0 N–H and O–H groups in total. The molecule has 0 spiro atoms. The van der Waals surface area contributed by atoms with E-state index >= 15 is 0 Å². The Morgan fingerprint density at radius 2 is 2.21 bits per heavy atom. The van der Waals surface area contributed by atoms with Crippen molar-refractivity contribution in [1.29, 1.82) is 0 Å². The molecule has 24 heavy (non-hydrogen) atoms. The summed E-state index contributed by atoms with van der Waals surface area (Å²) in [7, 11) is 0. The zero-order valence-electron chi connectivity index (χ0n) is 13.1. The Hall–Kier alpha value is -3.09. The molecule has 4 heterocycles. The molecule has 1 aliphatic rings. The quantitative estimate of drug-likeness (QED) is 0.718. The molecule has 1 amide bonds. The third kappa shape index (κ3) is 2.64. The van der Waals surface area contributed by atoms with Gasteiger partial charge in [0.2, 0.25) is 0 Å². The molecular formula is C17H15N5O2. The number of aromatic nitrogens is 4. The maximum Gasteiger partial charge on any atom is 0.276 e. The fraction of sp³-hybridized carbons (Fsp3) is 0.235. The number of pyridine rings is 1. The summed E-state index contributed by atoms with van der Waals surface area (Å²) in [4.78, 5) is 27.5. The van der Waals surface area contributed by atoms with Crippen LogP contribution in [0.5, 0.6) is 0 Å². The lowest BCUT2D eigenvalue weighted by atomic mass is 10.1. The molecule has 0 saturated heterocycles. The van der Waals surface area contributed by atoms with Crippen molar-refractivity contribution < 1.29 is 9.32 Å². The molecule has 0 fully saturated rings. The van der Waals surface area contributed by atoms with E-state index in [9.17, 15) is 4.79 Å².